The molecule has 0 aromatic heterocycles. The summed E-state index contributed by atoms with van der Waals surface area (Å²) in [6.07, 6.45) is 2.03. The second-order valence-corrected chi connectivity index (χ2v) is 7.39. The number of nitrogens with two attached hydrogens (primary N) is 1. The standard InChI is InChI=1S/C14H22N2O2S/c1-10-3-8-14(11(10)2)16-19(17,18)9-12-4-6-13(15)7-5-12/h4-7,10-11,14,16H,3,8-9,15H2,1-2H3. The van der Waals surface area contributed by atoms with Crippen LogP contribution in [-0.4, -0.2) is 14.5 Å². The van der Waals surface area contributed by atoms with Gasteiger partial charge >= 0.3 is 0 Å². The summed E-state index contributed by atoms with van der Waals surface area (Å²) in [5.41, 5.74) is 7.00. The SMILES string of the molecule is CC1CCC(NS(=O)(=O)Cc2ccc(N)cc2)C1C. The molecule has 2 rings (SSSR count). The van der Waals surface area contributed by atoms with Crippen LogP contribution in [0.15, 0.2) is 24.3 Å². The maximum Gasteiger partial charge on any atom is 0.216 e. The van der Waals surface area contributed by atoms with Gasteiger partial charge in [0, 0.05) is 11.7 Å². The van der Waals surface area contributed by atoms with E-state index in [1.54, 1.807) is 24.3 Å². The summed E-state index contributed by atoms with van der Waals surface area (Å²) in [4.78, 5) is 0. The lowest BCUT2D eigenvalue weighted by Gasteiger charge is -2.19. The molecule has 0 spiro atoms. The lowest BCUT2D eigenvalue weighted by atomic mass is 9.98. The van der Waals surface area contributed by atoms with Gasteiger partial charge < -0.3 is 5.73 Å². The van der Waals surface area contributed by atoms with Crippen LogP contribution >= 0.6 is 0 Å². The highest BCUT2D eigenvalue weighted by Gasteiger charge is 2.32. The molecule has 0 heterocycles. The van der Waals surface area contributed by atoms with Crippen molar-refractivity contribution in [1.82, 2.24) is 4.72 Å². The summed E-state index contributed by atoms with van der Waals surface area (Å²) < 4.78 is 27.1. The van der Waals surface area contributed by atoms with Crippen LogP contribution in [0.2, 0.25) is 0 Å². The Morgan fingerprint density at radius 2 is 1.84 bits per heavy atom. The van der Waals surface area contributed by atoms with Crippen molar-refractivity contribution in [1.29, 1.82) is 0 Å². The minimum Gasteiger partial charge on any atom is -0.399 e. The first-order valence-corrected chi connectivity index (χ1v) is 8.37. The van der Waals surface area contributed by atoms with Crippen LogP contribution in [0.3, 0.4) is 0 Å². The minimum absolute atomic E-state index is 0.0187. The molecule has 1 saturated carbocycles. The minimum atomic E-state index is -3.28. The van der Waals surface area contributed by atoms with Gasteiger partial charge in [0.2, 0.25) is 10.0 Å². The zero-order valence-corrected chi connectivity index (χ0v) is 12.3. The summed E-state index contributed by atoms with van der Waals surface area (Å²) in [7, 11) is -3.28. The average Bonchev–Trinajstić information content (AvgIpc) is 2.63. The van der Waals surface area contributed by atoms with E-state index in [2.05, 4.69) is 18.6 Å². The molecule has 1 aliphatic carbocycles. The molecule has 0 bridgehead atoms. The van der Waals surface area contributed by atoms with Gasteiger partial charge in [-0.3, -0.25) is 0 Å². The van der Waals surface area contributed by atoms with Crippen LogP contribution in [0.5, 0.6) is 0 Å². The molecule has 4 nitrogen and oxygen atoms in total. The molecule has 0 saturated heterocycles. The normalized spacial score (nSPS) is 27.6. The lowest BCUT2D eigenvalue weighted by Crippen LogP contribution is -2.37. The molecule has 106 valence electrons. The molecule has 3 atom stereocenters. The molecular weight excluding hydrogens is 260 g/mol. The number of hydrogen-bond donors (Lipinski definition) is 2. The molecule has 1 fully saturated rings. The number of rotatable bonds is 4. The van der Waals surface area contributed by atoms with E-state index in [9.17, 15) is 8.42 Å². The van der Waals surface area contributed by atoms with Gasteiger partial charge in [0.15, 0.2) is 0 Å². The van der Waals surface area contributed by atoms with Crippen molar-refractivity contribution in [2.75, 3.05) is 5.73 Å². The summed E-state index contributed by atoms with van der Waals surface area (Å²) in [6.45, 7) is 4.30. The van der Waals surface area contributed by atoms with Crippen LogP contribution in [-0.2, 0) is 15.8 Å². The third kappa shape index (κ3) is 3.70. The molecule has 0 radical (unpaired) electrons. The highest BCUT2D eigenvalue weighted by Crippen LogP contribution is 2.31. The Morgan fingerprint density at radius 1 is 1.21 bits per heavy atom. The van der Waals surface area contributed by atoms with Crippen molar-refractivity contribution in [3.63, 3.8) is 0 Å². The second kappa shape index (κ2) is 5.51. The fraction of sp³-hybridized carbons (Fsp3) is 0.571. The molecule has 3 unspecified atom stereocenters. The van der Waals surface area contributed by atoms with Crippen molar-refractivity contribution in [3.8, 4) is 0 Å². The van der Waals surface area contributed by atoms with E-state index in [0.29, 0.717) is 17.5 Å². The summed E-state index contributed by atoms with van der Waals surface area (Å²) in [5.74, 6) is 1.01. The van der Waals surface area contributed by atoms with E-state index in [1.165, 1.54) is 0 Å². The fourth-order valence-electron chi connectivity index (χ4n) is 2.64. The first-order chi connectivity index (χ1) is 8.87. The van der Waals surface area contributed by atoms with E-state index in [0.717, 1.165) is 18.4 Å². The molecular formula is C14H22N2O2S. The summed E-state index contributed by atoms with van der Waals surface area (Å²) in [5, 5.41) is 0. The average molecular weight is 282 g/mol. The number of nitrogens with one attached hydrogen (secondary N) is 1. The Bertz CT molecular complexity index is 525. The Hall–Kier alpha value is -1.07. The van der Waals surface area contributed by atoms with E-state index < -0.39 is 10.0 Å². The number of hydrogen-bond acceptors (Lipinski definition) is 3. The molecule has 3 N–H and O–H groups in total. The Morgan fingerprint density at radius 3 is 2.37 bits per heavy atom. The topological polar surface area (TPSA) is 72.2 Å². The molecule has 0 aliphatic heterocycles. The Kier molecular flexibility index (Phi) is 4.16. The van der Waals surface area contributed by atoms with Crippen LogP contribution in [0.25, 0.3) is 0 Å². The van der Waals surface area contributed by atoms with Crippen molar-refractivity contribution in [3.05, 3.63) is 29.8 Å². The van der Waals surface area contributed by atoms with Gasteiger partial charge in [-0.15, -0.1) is 0 Å². The maximum atomic E-state index is 12.2. The molecule has 0 amide bonds. The maximum absolute atomic E-state index is 12.2. The van der Waals surface area contributed by atoms with Gasteiger partial charge in [-0.2, -0.15) is 0 Å². The first-order valence-electron chi connectivity index (χ1n) is 6.72. The van der Waals surface area contributed by atoms with Crippen LogP contribution < -0.4 is 10.5 Å². The monoisotopic (exact) mass is 282 g/mol. The summed E-state index contributed by atoms with van der Waals surface area (Å²) in [6, 6.07) is 7.05. The number of nitrogen functional groups attached to an aromatic ring is 1. The molecule has 1 aromatic carbocycles. The quantitative estimate of drug-likeness (QED) is 0.831. The Balaban J connectivity index is 2.01. The van der Waals surface area contributed by atoms with Gasteiger partial charge in [-0.1, -0.05) is 26.0 Å². The van der Waals surface area contributed by atoms with E-state index in [1.807, 2.05) is 0 Å². The van der Waals surface area contributed by atoms with Crippen molar-refractivity contribution in [2.24, 2.45) is 11.8 Å². The van der Waals surface area contributed by atoms with Gasteiger partial charge in [-0.05, 0) is 42.4 Å². The van der Waals surface area contributed by atoms with E-state index in [4.69, 9.17) is 5.73 Å². The molecule has 5 heteroatoms. The van der Waals surface area contributed by atoms with Crippen LogP contribution in [0.1, 0.15) is 32.3 Å². The van der Waals surface area contributed by atoms with Crippen LogP contribution in [0.4, 0.5) is 5.69 Å². The number of sulfonamides is 1. The Labute approximate surface area is 115 Å². The van der Waals surface area contributed by atoms with Gasteiger partial charge in [-0.25, -0.2) is 13.1 Å². The zero-order chi connectivity index (χ0) is 14.0. The highest BCUT2D eigenvalue weighted by molar-refractivity contribution is 7.88. The fourth-order valence-corrected chi connectivity index (χ4v) is 4.15. The van der Waals surface area contributed by atoms with Crippen molar-refractivity contribution >= 4 is 15.7 Å². The van der Waals surface area contributed by atoms with E-state index in [-0.39, 0.29) is 11.8 Å². The molecule has 19 heavy (non-hydrogen) atoms. The highest BCUT2D eigenvalue weighted by atomic mass is 32.2. The molecule has 1 aliphatic rings. The molecule has 1 aromatic rings. The van der Waals surface area contributed by atoms with Crippen molar-refractivity contribution < 1.29 is 8.42 Å². The first kappa shape index (κ1) is 14.3. The predicted molar refractivity (Wildman–Crippen MR) is 78.0 cm³/mol. The largest absolute Gasteiger partial charge is 0.399 e. The van der Waals surface area contributed by atoms with E-state index >= 15 is 0 Å². The third-order valence-electron chi connectivity index (χ3n) is 4.13. The third-order valence-corrected chi connectivity index (χ3v) is 5.51. The predicted octanol–water partition coefficient (Wildman–Crippen LogP) is 2.12. The second-order valence-electron chi connectivity index (χ2n) is 5.64. The van der Waals surface area contributed by atoms with Gasteiger partial charge in [0.1, 0.15) is 0 Å². The van der Waals surface area contributed by atoms with Gasteiger partial charge in [0.25, 0.3) is 0 Å². The van der Waals surface area contributed by atoms with Crippen LogP contribution in [0, 0.1) is 11.8 Å². The smallest absolute Gasteiger partial charge is 0.216 e. The summed E-state index contributed by atoms with van der Waals surface area (Å²) >= 11 is 0. The number of benzene rings is 1. The number of anilines is 1. The lowest BCUT2D eigenvalue weighted by molar-refractivity contribution is 0.402. The van der Waals surface area contributed by atoms with Gasteiger partial charge in [0.05, 0.1) is 5.75 Å². The zero-order valence-electron chi connectivity index (χ0n) is 11.5. The van der Waals surface area contributed by atoms with Crippen molar-refractivity contribution in [2.45, 2.75) is 38.5 Å².